The Labute approximate surface area is 145 Å². The number of anilines is 1. The summed E-state index contributed by atoms with van der Waals surface area (Å²) in [6.07, 6.45) is -3.68. The van der Waals surface area contributed by atoms with Crippen LogP contribution in [0.15, 0.2) is 41.3 Å². The Morgan fingerprint density at radius 1 is 1.23 bits per heavy atom. The number of benzene rings is 1. The lowest BCUT2D eigenvalue weighted by Gasteiger charge is -2.07. The molecule has 2 aromatic heterocycles. The molecule has 26 heavy (non-hydrogen) atoms. The smallest absolute Gasteiger partial charge is 0.317 e. The Kier molecular flexibility index (Phi) is 4.18. The van der Waals surface area contributed by atoms with Crippen molar-refractivity contribution in [1.82, 2.24) is 19.6 Å². The zero-order chi connectivity index (χ0) is 19.1. The van der Waals surface area contributed by atoms with Gasteiger partial charge in [0.05, 0.1) is 11.4 Å². The van der Waals surface area contributed by atoms with Crippen LogP contribution in [0.2, 0.25) is 0 Å². The number of hydrogen-bond donors (Lipinski definition) is 2. The maximum atomic E-state index is 12.9. The molecule has 0 atom stereocenters. The number of alkyl halides is 3. The number of aromatic amines is 1. The number of carbonyl (C=O) groups is 1. The minimum Gasteiger partial charge on any atom is -0.317 e. The predicted octanol–water partition coefficient (Wildman–Crippen LogP) is 2.48. The van der Waals surface area contributed by atoms with E-state index >= 15 is 0 Å². The highest BCUT2D eigenvalue weighted by Gasteiger charge is 2.37. The number of H-pyrrole nitrogens is 1. The van der Waals surface area contributed by atoms with Gasteiger partial charge in [-0.25, -0.2) is 4.68 Å². The third-order valence-electron chi connectivity index (χ3n) is 3.60. The molecule has 2 heterocycles. The fraction of sp³-hybridized carbons (Fsp3) is 0.188. The Morgan fingerprint density at radius 2 is 1.88 bits per heavy atom. The van der Waals surface area contributed by atoms with Gasteiger partial charge in [0.2, 0.25) is 0 Å². The van der Waals surface area contributed by atoms with Gasteiger partial charge < -0.3 is 5.32 Å². The van der Waals surface area contributed by atoms with Crippen LogP contribution in [-0.4, -0.2) is 25.5 Å². The van der Waals surface area contributed by atoms with Gasteiger partial charge >= 0.3 is 6.18 Å². The Morgan fingerprint density at radius 3 is 2.50 bits per heavy atom. The first-order chi connectivity index (χ1) is 12.1. The fourth-order valence-electron chi connectivity index (χ4n) is 2.38. The van der Waals surface area contributed by atoms with E-state index in [1.807, 2.05) is 6.92 Å². The zero-order valence-electron chi connectivity index (χ0n) is 13.8. The molecule has 1 aromatic carbocycles. The van der Waals surface area contributed by atoms with Crippen molar-refractivity contribution in [3.8, 4) is 5.69 Å². The molecule has 1 amide bonds. The molecule has 0 radical (unpaired) electrons. The van der Waals surface area contributed by atoms with Crippen LogP contribution >= 0.6 is 0 Å². The Balaban J connectivity index is 1.90. The van der Waals surface area contributed by atoms with Gasteiger partial charge in [-0.1, -0.05) is 17.7 Å². The van der Waals surface area contributed by atoms with E-state index in [1.54, 1.807) is 24.3 Å². The molecule has 0 spiro atoms. The van der Waals surface area contributed by atoms with Gasteiger partial charge in [0.25, 0.3) is 11.5 Å². The number of hydrogen-bond acceptors (Lipinski definition) is 3. The average Bonchev–Trinajstić information content (AvgIpc) is 3.11. The highest BCUT2D eigenvalue weighted by Crippen LogP contribution is 2.33. The summed E-state index contributed by atoms with van der Waals surface area (Å²) < 4.78 is 40.9. The minimum atomic E-state index is -4.72. The number of aromatic nitrogens is 4. The van der Waals surface area contributed by atoms with Crippen molar-refractivity contribution in [1.29, 1.82) is 0 Å². The molecule has 0 aliphatic carbocycles. The molecule has 7 nitrogen and oxygen atoms in total. The molecule has 0 saturated carbocycles. The summed E-state index contributed by atoms with van der Waals surface area (Å²) >= 11 is 0. The minimum absolute atomic E-state index is 0.174. The van der Waals surface area contributed by atoms with Crippen LogP contribution in [0.4, 0.5) is 18.9 Å². The lowest BCUT2D eigenvalue weighted by molar-refractivity contribution is -0.140. The third-order valence-corrected chi connectivity index (χ3v) is 3.60. The third kappa shape index (κ3) is 3.39. The first-order valence-corrected chi connectivity index (χ1v) is 7.46. The molecule has 0 unspecified atom stereocenters. The van der Waals surface area contributed by atoms with Crippen molar-refractivity contribution in [2.24, 2.45) is 7.05 Å². The summed E-state index contributed by atoms with van der Waals surface area (Å²) in [5.41, 5.74) is -0.907. The fourth-order valence-corrected chi connectivity index (χ4v) is 2.38. The van der Waals surface area contributed by atoms with Crippen molar-refractivity contribution in [2.45, 2.75) is 13.1 Å². The van der Waals surface area contributed by atoms with E-state index in [0.29, 0.717) is 5.69 Å². The van der Waals surface area contributed by atoms with Crippen LogP contribution in [-0.2, 0) is 13.2 Å². The van der Waals surface area contributed by atoms with Crippen LogP contribution in [0.1, 0.15) is 21.7 Å². The standard InChI is InChI=1S/C16H14F3N5O2/c1-9-3-5-10(6-4-9)24-13(25)7-11(21-24)15(26)20-12-8-23(2)22-14(12)16(17,18)19/h3-8,21H,1-2H3,(H,20,26). The molecular formula is C16H14F3N5O2. The monoisotopic (exact) mass is 365 g/mol. The number of rotatable bonds is 3. The van der Waals surface area contributed by atoms with Crippen LogP contribution < -0.4 is 10.9 Å². The van der Waals surface area contributed by atoms with E-state index in [4.69, 9.17) is 0 Å². The first-order valence-electron chi connectivity index (χ1n) is 7.46. The van der Waals surface area contributed by atoms with Gasteiger partial charge in [0.15, 0.2) is 5.69 Å². The lowest BCUT2D eigenvalue weighted by atomic mass is 10.2. The van der Waals surface area contributed by atoms with Crippen molar-refractivity contribution in [3.05, 3.63) is 63.8 Å². The lowest BCUT2D eigenvalue weighted by Crippen LogP contribution is -2.17. The molecule has 2 N–H and O–H groups in total. The van der Waals surface area contributed by atoms with Crippen LogP contribution in [0.25, 0.3) is 5.69 Å². The molecule has 136 valence electrons. The maximum Gasteiger partial charge on any atom is 0.437 e. The van der Waals surface area contributed by atoms with E-state index in [1.165, 1.54) is 7.05 Å². The second-order valence-electron chi connectivity index (χ2n) is 5.70. The number of nitrogens with one attached hydrogen (secondary N) is 2. The highest BCUT2D eigenvalue weighted by molar-refractivity contribution is 6.03. The highest BCUT2D eigenvalue weighted by atomic mass is 19.4. The average molecular weight is 365 g/mol. The molecule has 0 saturated heterocycles. The van der Waals surface area contributed by atoms with Crippen molar-refractivity contribution >= 4 is 11.6 Å². The topological polar surface area (TPSA) is 84.7 Å². The summed E-state index contributed by atoms with van der Waals surface area (Å²) in [5.74, 6) is -0.883. The SMILES string of the molecule is Cc1ccc(-n2[nH]c(C(=O)Nc3cn(C)nc3C(F)(F)F)cc2=O)cc1. The summed E-state index contributed by atoms with van der Waals surface area (Å²) in [6, 6.07) is 7.94. The van der Waals surface area contributed by atoms with Crippen LogP contribution in [0.5, 0.6) is 0 Å². The quantitative estimate of drug-likeness (QED) is 0.748. The summed E-state index contributed by atoms with van der Waals surface area (Å²) in [6.45, 7) is 1.88. The molecule has 0 aliphatic rings. The van der Waals surface area contributed by atoms with E-state index in [9.17, 15) is 22.8 Å². The summed E-state index contributed by atoms with van der Waals surface area (Å²) in [7, 11) is 1.31. The molecule has 0 bridgehead atoms. The number of nitrogens with zero attached hydrogens (tertiary/aromatic N) is 3. The van der Waals surface area contributed by atoms with Gasteiger partial charge in [0, 0.05) is 19.3 Å². The second-order valence-corrected chi connectivity index (χ2v) is 5.70. The van der Waals surface area contributed by atoms with Gasteiger partial charge in [-0.3, -0.25) is 19.4 Å². The largest absolute Gasteiger partial charge is 0.437 e. The molecule has 3 rings (SSSR count). The Hall–Kier alpha value is -3.30. The van der Waals surface area contributed by atoms with E-state index < -0.39 is 29.0 Å². The van der Waals surface area contributed by atoms with E-state index in [0.717, 1.165) is 27.2 Å². The molecule has 0 fully saturated rings. The van der Waals surface area contributed by atoms with Gasteiger partial charge in [-0.15, -0.1) is 0 Å². The van der Waals surface area contributed by atoms with E-state index in [-0.39, 0.29) is 5.69 Å². The second kappa shape index (κ2) is 6.21. The van der Waals surface area contributed by atoms with E-state index in [2.05, 4.69) is 15.5 Å². The van der Waals surface area contributed by atoms with Crippen LogP contribution in [0.3, 0.4) is 0 Å². The number of carbonyl (C=O) groups excluding carboxylic acids is 1. The number of aryl methyl sites for hydroxylation is 2. The maximum absolute atomic E-state index is 12.9. The Bertz CT molecular complexity index is 1010. The van der Waals surface area contributed by atoms with Gasteiger partial charge in [-0.05, 0) is 19.1 Å². The molecule has 3 aromatic rings. The van der Waals surface area contributed by atoms with Gasteiger partial charge in [-0.2, -0.15) is 18.3 Å². The predicted molar refractivity (Wildman–Crippen MR) is 87.3 cm³/mol. The van der Waals surface area contributed by atoms with Gasteiger partial charge in [0.1, 0.15) is 5.69 Å². The first kappa shape index (κ1) is 17.5. The molecule has 10 heteroatoms. The number of halogens is 3. The molecular weight excluding hydrogens is 351 g/mol. The number of amides is 1. The normalized spacial score (nSPS) is 11.6. The summed E-state index contributed by atoms with van der Waals surface area (Å²) in [4.78, 5) is 24.3. The summed E-state index contributed by atoms with van der Waals surface area (Å²) in [5, 5.41) is 8.02. The van der Waals surface area contributed by atoms with Crippen LogP contribution in [0, 0.1) is 6.92 Å². The van der Waals surface area contributed by atoms with Crippen molar-refractivity contribution in [3.63, 3.8) is 0 Å². The zero-order valence-corrected chi connectivity index (χ0v) is 13.8. The van der Waals surface area contributed by atoms with Crippen molar-refractivity contribution in [2.75, 3.05) is 5.32 Å². The molecule has 0 aliphatic heterocycles. The van der Waals surface area contributed by atoms with Crippen molar-refractivity contribution < 1.29 is 18.0 Å².